The van der Waals surface area contributed by atoms with Gasteiger partial charge in [0.25, 0.3) is 0 Å². The van der Waals surface area contributed by atoms with Crippen LogP contribution in [0, 0.1) is 12.7 Å². The molecule has 21 heavy (non-hydrogen) atoms. The Morgan fingerprint density at radius 2 is 2.14 bits per heavy atom. The molecule has 0 fully saturated rings. The van der Waals surface area contributed by atoms with Gasteiger partial charge in [0, 0.05) is 11.6 Å². The number of furan rings is 1. The molecule has 0 aliphatic heterocycles. The molecular weight excluding hydrogens is 269 g/mol. The minimum Gasteiger partial charge on any atom is -0.494 e. The molecule has 1 atom stereocenters. The molecule has 0 bridgehead atoms. The van der Waals surface area contributed by atoms with E-state index in [0.29, 0.717) is 12.0 Å². The molecule has 0 aliphatic rings. The zero-order chi connectivity index (χ0) is 15.2. The van der Waals surface area contributed by atoms with E-state index in [1.165, 1.54) is 7.11 Å². The van der Waals surface area contributed by atoms with Gasteiger partial charge in [0.15, 0.2) is 11.6 Å². The van der Waals surface area contributed by atoms with Crippen molar-refractivity contribution < 1.29 is 13.5 Å². The van der Waals surface area contributed by atoms with Crippen LogP contribution in [0.15, 0.2) is 34.9 Å². The summed E-state index contributed by atoms with van der Waals surface area (Å²) in [5, 5.41) is 3.46. The monoisotopic (exact) mass is 291 g/mol. The lowest BCUT2D eigenvalue weighted by atomic mass is 9.98. The van der Waals surface area contributed by atoms with Crippen molar-refractivity contribution in [2.45, 2.75) is 32.7 Å². The molecule has 114 valence electrons. The quantitative estimate of drug-likeness (QED) is 0.836. The van der Waals surface area contributed by atoms with Gasteiger partial charge in [-0.2, -0.15) is 0 Å². The van der Waals surface area contributed by atoms with Gasteiger partial charge in [0.05, 0.1) is 13.4 Å². The van der Waals surface area contributed by atoms with Crippen LogP contribution < -0.4 is 10.1 Å². The van der Waals surface area contributed by atoms with E-state index < -0.39 is 0 Å². The highest BCUT2D eigenvalue weighted by Crippen LogP contribution is 2.27. The Hall–Kier alpha value is -1.81. The Labute approximate surface area is 125 Å². The second-order valence-electron chi connectivity index (χ2n) is 5.08. The summed E-state index contributed by atoms with van der Waals surface area (Å²) in [7, 11) is 1.48. The molecule has 0 saturated carbocycles. The smallest absolute Gasteiger partial charge is 0.168 e. The fourth-order valence-corrected chi connectivity index (χ4v) is 2.46. The summed E-state index contributed by atoms with van der Waals surface area (Å²) in [4.78, 5) is 0. The Kier molecular flexibility index (Phi) is 5.39. The Balaban J connectivity index is 2.25. The third-order valence-electron chi connectivity index (χ3n) is 3.60. The lowest BCUT2D eigenvalue weighted by molar-refractivity contribution is 0.382. The van der Waals surface area contributed by atoms with E-state index in [2.05, 4.69) is 12.2 Å². The third-order valence-corrected chi connectivity index (χ3v) is 3.60. The van der Waals surface area contributed by atoms with E-state index in [1.54, 1.807) is 18.4 Å². The summed E-state index contributed by atoms with van der Waals surface area (Å²) < 4.78 is 24.8. The lowest BCUT2D eigenvalue weighted by Crippen LogP contribution is -2.24. The molecule has 1 unspecified atom stereocenters. The molecule has 0 aliphatic carbocycles. The molecule has 1 aromatic carbocycles. The number of aryl methyl sites for hydroxylation is 1. The average molecular weight is 291 g/mol. The summed E-state index contributed by atoms with van der Waals surface area (Å²) in [5.41, 5.74) is 1.72. The van der Waals surface area contributed by atoms with E-state index in [0.717, 1.165) is 24.3 Å². The zero-order valence-corrected chi connectivity index (χ0v) is 12.8. The highest BCUT2D eigenvalue weighted by Gasteiger charge is 2.19. The summed E-state index contributed by atoms with van der Waals surface area (Å²) in [5.74, 6) is 0.863. The number of rotatable bonds is 7. The van der Waals surface area contributed by atoms with Crippen LogP contribution >= 0.6 is 0 Å². The van der Waals surface area contributed by atoms with Crippen molar-refractivity contribution in [1.82, 2.24) is 5.32 Å². The van der Waals surface area contributed by atoms with Gasteiger partial charge in [-0.25, -0.2) is 4.39 Å². The predicted molar refractivity (Wildman–Crippen MR) is 81.1 cm³/mol. The second kappa shape index (κ2) is 7.27. The minimum absolute atomic E-state index is 0.0327. The molecule has 2 aromatic rings. The Morgan fingerprint density at radius 3 is 2.76 bits per heavy atom. The Bertz CT molecular complexity index is 580. The van der Waals surface area contributed by atoms with Gasteiger partial charge in [-0.3, -0.25) is 0 Å². The molecule has 1 heterocycles. The van der Waals surface area contributed by atoms with Gasteiger partial charge >= 0.3 is 0 Å². The standard InChI is InChI=1S/C17H22FNO2/c1-4-9-19-15(14-8-10-21-12(14)2)11-13-6-5-7-16(20-3)17(13)18/h5-8,10,15,19H,4,9,11H2,1-3H3. The van der Waals surface area contributed by atoms with Crippen molar-refractivity contribution in [3.63, 3.8) is 0 Å². The molecule has 0 radical (unpaired) electrons. The molecule has 3 nitrogen and oxygen atoms in total. The summed E-state index contributed by atoms with van der Waals surface area (Å²) in [6.45, 7) is 4.91. The number of benzene rings is 1. The second-order valence-corrected chi connectivity index (χ2v) is 5.08. The van der Waals surface area contributed by atoms with Crippen molar-refractivity contribution in [3.05, 3.63) is 53.2 Å². The normalized spacial score (nSPS) is 12.4. The maximum absolute atomic E-state index is 14.3. The SMILES string of the molecule is CCCNC(Cc1cccc(OC)c1F)c1ccoc1C. The summed E-state index contributed by atoms with van der Waals surface area (Å²) in [6, 6.07) is 7.23. The van der Waals surface area contributed by atoms with E-state index in [-0.39, 0.29) is 17.6 Å². The third kappa shape index (κ3) is 3.64. The Morgan fingerprint density at radius 1 is 1.33 bits per heavy atom. The average Bonchev–Trinajstić information content (AvgIpc) is 2.91. The van der Waals surface area contributed by atoms with Crippen molar-refractivity contribution in [2.24, 2.45) is 0 Å². The molecule has 0 saturated heterocycles. The van der Waals surface area contributed by atoms with E-state index >= 15 is 0 Å². The number of halogens is 1. The first-order valence-electron chi connectivity index (χ1n) is 7.26. The van der Waals surface area contributed by atoms with Crippen LogP contribution in [0.25, 0.3) is 0 Å². The predicted octanol–water partition coefficient (Wildman–Crippen LogP) is 4.02. The van der Waals surface area contributed by atoms with Crippen molar-refractivity contribution in [2.75, 3.05) is 13.7 Å². The number of ether oxygens (including phenoxy) is 1. The van der Waals surface area contributed by atoms with Crippen LogP contribution in [-0.2, 0) is 6.42 Å². The maximum atomic E-state index is 14.3. The van der Waals surface area contributed by atoms with Gasteiger partial charge < -0.3 is 14.5 Å². The maximum Gasteiger partial charge on any atom is 0.168 e. The van der Waals surface area contributed by atoms with Crippen LogP contribution in [0.4, 0.5) is 4.39 Å². The molecule has 1 N–H and O–H groups in total. The van der Waals surface area contributed by atoms with Gasteiger partial charge in [-0.1, -0.05) is 19.1 Å². The van der Waals surface area contributed by atoms with E-state index in [4.69, 9.17) is 9.15 Å². The largest absolute Gasteiger partial charge is 0.494 e. The van der Waals surface area contributed by atoms with Crippen LogP contribution in [0.3, 0.4) is 0 Å². The van der Waals surface area contributed by atoms with Crippen LogP contribution in [0.2, 0.25) is 0 Å². The number of hydrogen-bond donors (Lipinski definition) is 1. The van der Waals surface area contributed by atoms with Gasteiger partial charge in [-0.15, -0.1) is 0 Å². The minimum atomic E-state index is -0.288. The fourth-order valence-electron chi connectivity index (χ4n) is 2.46. The zero-order valence-electron chi connectivity index (χ0n) is 12.8. The highest BCUT2D eigenvalue weighted by molar-refractivity contribution is 5.33. The summed E-state index contributed by atoms with van der Waals surface area (Å²) >= 11 is 0. The van der Waals surface area contributed by atoms with Crippen molar-refractivity contribution >= 4 is 0 Å². The lowest BCUT2D eigenvalue weighted by Gasteiger charge is -2.19. The molecule has 4 heteroatoms. The van der Waals surface area contributed by atoms with Crippen LogP contribution in [-0.4, -0.2) is 13.7 Å². The number of nitrogens with one attached hydrogen (secondary N) is 1. The summed E-state index contributed by atoms with van der Waals surface area (Å²) in [6.07, 6.45) is 3.25. The van der Waals surface area contributed by atoms with Crippen molar-refractivity contribution in [3.8, 4) is 5.75 Å². The van der Waals surface area contributed by atoms with Gasteiger partial charge in [0.2, 0.25) is 0 Å². The first kappa shape index (κ1) is 15.6. The fraction of sp³-hybridized carbons (Fsp3) is 0.412. The first-order valence-corrected chi connectivity index (χ1v) is 7.26. The van der Waals surface area contributed by atoms with E-state index in [9.17, 15) is 4.39 Å². The van der Waals surface area contributed by atoms with Crippen molar-refractivity contribution in [1.29, 1.82) is 0 Å². The van der Waals surface area contributed by atoms with Crippen LogP contribution in [0.5, 0.6) is 5.75 Å². The van der Waals surface area contributed by atoms with Gasteiger partial charge in [-0.05, 0) is 44.0 Å². The molecule has 0 spiro atoms. The topological polar surface area (TPSA) is 34.4 Å². The van der Waals surface area contributed by atoms with Gasteiger partial charge in [0.1, 0.15) is 5.76 Å². The number of methoxy groups -OCH3 is 1. The molecular formula is C17H22FNO2. The number of hydrogen-bond acceptors (Lipinski definition) is 3. The first-order chi connectivity index (χ1) is 10.2. The molecule has 0 amide bonds. The van der Waals surface area contributed by atoms with Crippen LogP contribution in [0.1, 0.15) is 36.3 Å². The van der Waals surface area contributed by atoms with E-state index in [1.807, 2.05) is 19.1 Å². The molecule has 2 rings (SSSR count). The molecule has 1 aromatic heterocycles. The highest BCUT2D eigenvalue weighted by atomic mass is 19.1.